The van der Waals surface area contributed by atoms with E-state index in [0.29, 0.717) is 39.2 Å². The summed E-state index contributed by atoms with van der Waals surface area (Å²) >= 11 is 0. The summed E-state index contributed by atoms with van der Waals surface area (Å²) in [5, 5.41) is 0. The molecule has 0 saturated heterocycles. The van der Waals surface area contributed by atoms with Gasteiger partial charge in [-0.05, 0) is 30.3 Å². The molecule has 2 heterocycles. The summed E-state index contributed by atoms with van der Waals surface area (Å²) in [6.45, 7) is 0. The number of aromatic nitrogens is 3. The van der Waals surface area contributed by atoms with E-state index in [1.54, 1.807) is 42.5 Å². The van der Waals surface area contributed by atoms with Crippen LogP contribution in [-0.4, -0.2) is 20.9 Å². The number of amides is 1. The van der Waals surface area contributed by atoms with E-state index < -0.39 is 11.7 Å². The Bertz CT molecular complexity index is 1230. The van der Waals surface area contributed by atoms with Crippen LogP contribution in [0.2, 0.25) is 0 Å². The van der Waals surface area contributed by atoms with Crippen LogP contribution >= 0.6 is 0 Å². The number of aromatic amines is 1. The molecule has 4 rings (SSSR count). The molecular formula is C20H13FN4O2. The van der Waals surface area contributed by atoms with E-state index in [9.17, 15) is 14.0 Å². The molecule has 2 aromatic heterocycles. The largest absolute Gasteiger partial charge is 0.366 e. The van der Waals surface area contributed by atoms with Crippen molar-refractivity contribution in [1.82, 2.24) is 15.0 Å². The number of carbonyl (C=O) groups excluding carboxylic acids is 1. The fourth-order valence-electron chi connectivity index (χ4n) is 2.80. The average Bonchev–Trinajstić information content (AvgIpc) is 2.67. The molecule has 132 valence electrons. The van der Waals surface area contributed by atoms with Crippen molar-refractivity contribution in [2.24, 2.45) is 5.73 Å². The van der Waals surface area contributed by atoms with Crippen LogP contribution in [-0.2, 0) is 0 Å². The average molecular weight is 360 g/mol. The lowest BCUT2D eigenvalue weighted by Gasteiger charge is -2.10. The lowest BCUT2D eigenvalue weighted by molar-refractivity contribution is 0.100. The standard InChI is InChI=1S/C20H13FN4O2/c21-14-3-1-2-13(10-14)18-17(11-4-6-12(7-5-11)19(22)27)23-15-8-9-16(26)24-20(15)25-18/h1-10H,(H2,22,27)(H,24,25,26). The minimum Gasteiger partial charge on any atom is -0.366 e. The number of H-pyrrole nitrogens is 1. The highest BCUT2D eigenvalue weighted by molar-refractivity contribution is 5.93. The number of nitrogens with one attached hydrogen (secondary N) is 1. The summed E-state index contributed by atoms with van der Waals surface area (Å²) in [4.78, 5) is 34.6. The molecule has 0 aliphatic rings. The molecule has 1 amide bonds. The lowest BCUT2D eigenvalue weighted by Crippen LogP contribution is -2.10. The van der Waals surface area contributed by atoms with E-state index in [1.165, 1.54) is 18.2 Å². The number of pyridine rings is 1. The Balaban J connectivity index is 1.99. The smallest absolute Gasteiger partial charge is 0.249 e. The zero-order chi connectivity index (χ0) is 19.0. The molecule has 0 aliphatic heterocycles. The third-order valence-electron chi connectivity index (χ3n) is 4.10. The Morgan fingerprint density at radius 3 is 2.37 bits per heavy atom. The molecule has 0 atom stereocenters. The normalized spacial score (nSPS) is 10.9. The number of primary amides is 1. The summed E-state index contributed by atoms with van der Waals surface area (Å²) in [7, 11) is 0. The number of hydrogen-bond donors (Lipinski definition) is 2. The van der Waals surface area contributed by atoms with Gasteiger partial charge in [0.2, 0.25) is 11.5 Å². The van der Waals surface area contributed by atoms with Crippen LogP contribution in [0.3, 0.4) is 0 Å². The second-order valence-corrected chi connectivity index (χ2v) is 5.93. The van der Waals surface area contributed by atoms with Crippen LogP contribution in [0.4, 0.5) is 4.39 Å². The Morgan fingerprint density at radius 1 is 0.926 bits per heavy atom. The Hall–Kier alpha value is -3.87. The molecule has 27 heavy (non-hydrogen) atoms. The molecule has 0 bridgehead atoms. The molecule has 6 nitrogen and oxygen atoms in total. The second-order valence-electron chi connectivity index (χ2n) is 5.93. The SMILES string of the molecule is NC(=O)c1ccc(-c2nc3ccc(=O)[nH]c3nc2-c2cccc(F)c2)cc1. The van der Waals surface area contributed by atoms with Crippen molar-refractivity contribution < 1.29 is 9.18 Å². The third-order valence-corrected chi connectivity index (χ3v) is 4.10. The Kier molecular flexibility index (Phi) is 3.97. The summed E-state index contributed by atoms with van der Waals surface area (Å²) in [6.07, 6.45) is 0. The van der Waals surface area contributed by atoms with Crippen LogP contribution in [0.1, 0.15) is 10.4 Å². The number of nitrogens with two attached hydrogens (primary N) is 1. The number of hydrogen-bond acceptors (Lipinski definition) is 4. The number of halogens is 1. The van der Waals surface area contributed by atoms with Crippen molar-refractivity contribution in [2.45, 2.75) is 0 Å². The molecule has 0 fully saturated rings. The molecule has 0 spiro atoms. The number of rotatable bonds is 3. The molecule has 3 N–H and O–H groups in total. The maximum atomic E-state index is 13.7. The van der Waals surface area contributed by atoms with E-state index in [0.717, 1.165) is 0 Å². The molecule has 0 unspecified atom stereocenters. The quantitative estimate of drug-likeness (QED) is 0.586. The number of fused-ring (bicyclic) bond motifs is 1. The van der Waals surface area contributed by atoms with E-state index in [2.05, 4.69) is 15.0 Å². The van der Waals surface area contributed by atoms with Gasteiger partial charge in [0.25, 0.3) is 0 Å². The van der Waals surface area contributed by atoms with Gasteiger partial charge >= 0.3 is 0 Å². The Labute approximate surface area is 152 Å². The van der Waals surface area contributed by atoms with E-state index in [1.807, 2.05) is 0 Å². The highest BCUT2D eigenvalue weighted by Crippen LogP contribution is 2.30. The first-order valence-electron chi connectivity index (χ1n) is 8.08. The van der Waals surface area contributed by atoms with Gasteiger partial charge in [-0.2, -0.15) is 0 Å². The monoisotopic (exact) mass is 360 g/mol. The topological polar surface area (TPSA) is 102 Å². The first kappa shape index (κ1) is 16.6. The number of nitrogens with zero attached hydrogens (tertiary/aromatic N) is 2. The molecular weight excluding hydrogens is 347 g/mol. The summed E-state index contributed by atoms with van der Waals surface area (Å²) < 4.78 is 13.7. The van der Waals surface area contributed by atoms with Crippen molar-refractivity contribution >= 4 is 17.1 Å². The second kappa shape index (κ2) is 6.45. The predicted octanol–water partition coefficient (Wildman–Crippen LogP) is 2.89. The maximum Gasteiger partial charge on any atom is 0.249 e. The van der Waals surface area contributed by atoms with Crippen molar-refractivity contribution in [3.05, 3.63) is 82.4 Å². The molecule has 7 heteroatoms. The third kappa shape index (κ3) is 3.18. The van der Waals surface area contributed by atoms with Crippen LogP contribution in [0.5, 0.6) is 0 Å². The van der Waals surface area contributed by atoms with Crippen molar-refractivity contribution in [3.63, 3.8) is 0 Å². The van der Waals surface area contributed by atoms with Gasteiger partial charge in [-0.3, -0.25) is 9.59 Å². The fourth-order valence-corrected chi connectivity index (χ4v) is 2.80. The van der Waals surface area contributed by atoms with Crippen molar-refractivity contribution in [3.8, 4) is 22.5 Å². The highest BCUT2D eigenvalue weighted by Gasteiger charge is 2.15. The van der Waals surface area contributed by atoms with Gasteiger partial charge in [-0.1, -0.05) is 24.3 Å². The van der Waals surface area contributed by atoms with Gasteiger partial charge in [-0.25, -0.2) is 14.4 Å². The minimum absolute atomic E-state index is 0.305. The van der Waals surface area contributed by atoms with E-state index >= 15 is 0 Å². The van der Waals surface area contributed by atoms with Gasteiger partial charge in [0.15, 0.2) is 5.65 Å². The molecule has 2 aromatic carbocycles. The van der Waals surface area contributed by atoms with Gasteiger partial charge in [0.1, 0.15) is 11.3 Å². The van der Waals surface area contributed by atoms with Crippen LogP contribution in [0.25, 0.3) is 33.7 Å². The molecule has 4 aromatic rings. The van der Waals surface area contributed by atoms with Crippen molar-refractivity contribution in [1.29, 1.82) is 0 Å². The molecule has 0 aliphatic carbocycles. The van der Waals surface area contributed by atoms with Crippen LogP contribution in [0, 0.1) is 5.82 Å². The summed E-state index contributed by atoms with van der Waals surface area (Å²) in [5.74, 6) is -0.944. The minimum atomic E-state index is -0.533. The first-order valence-corrected chi connectivity index (χ1v) is 8.08. The van der Waals surface area contributed by atoms with Gasteiger partial charge in [0, 0.05) is 22.8 Å². The van der Waals surface area contributed by atoms with Gasteiger partial charge in [0.05, 0.1) is 11.4 Å². The molecule has 0 radical (unpaired) electrons. The van der Waals surface area contributed by atoms with E-state index in [4.69, 9.17) is 5.73 Å². The van der Waals surface area contributed by atoms with Gasteiger partial charge in [-0.15, -0.1) is 0 Å². The zero-order valence-electron chi connectivity index (χ0n) is 13.9. The summed E-state index contributed by atoms with van der Waals surface area (Å²) in [6, 6.07) is 15.5. The zero-order valence-corrected chi connectivity index (χ0v) is 13.9. The van der Waals surface area contributed by atoms with Crippen LogP contribution in [0.15, 0.2) is 65.5 Å². The maximum absolute atomic E-state index is 13.7. The fraction of sp³-hybridized carbons (Fsp3) is 0. The Morgan fingerprint density at radius 2 is 1.67 bits per heavy atom. The lowest BCUT2D eigenvalue weighted by atomic mass is 10.0. The van der Waals surface area contributed by atoms with Gasteiger partial charge < -0.3 is 10.7 Å². The predicted molar refractivity (Wildman–Crippen MR) is 99.5 cm³/mol. The molecule has 0 saturated carbocycles. The number of benzene rings is 2. The summed E-state index contributed by atoms with van der Waals surface area (Å²) in [5.41, 5.74) is 8.25. The number of carbonyl (C=O) groups is 1. The first-order chi connectivity index (χ1) is 13.0. The van der Waals surface area contributed by atoms with Crippen molar-refractivity contribution in [2.75, 3.05) is 0 Å². The van der Waals surface area contributed by atoms with E-state index in [-0.39, 0.29) is 5.56 Å². The highest BCUT2D eigenvalue weighted by atomic mass is 19.1. The van der Waals surface area contributed by atoms with Crippen LogP contribution < -0.4 is 11.3 Å².